The van der Waals surface area contributed by atoms with Crippen LogP contribution in [0.5, 0.6) is 0 Å². The minimum atomic E-state index is -0.110. The largest absolute Gasteiger partial charge is 0.316 e. The number of halogens is 1. The van der Waals surface area contributed by atoms with Crippen LogP contribution in [0.4, 0.5) is 4.39 Å². The first kappa shape index (κ1) is 14.7. The molecule has 0 amide bonds. The first-order valence-corrected chi connectivity index (χ1v) is 7.21. The van der Waals surface area contributed by atoms with Gasteiger partial charge in [0.25, 0.3) is 0 Å². The minimum Gasteiger partial charge on any atom is -0.316 e. The third kappa shape index (κ3) is 3.91. The average molecular weight is 271 g/mol. The number of likely N-dealkylation sites (N-methyl/N-ethyl adjacent to an activating group) is 1. The summed E-state index contributed by atoms with van der Waals surface area (Å²) in [5.74, 6) is 0.188. The zero-order chi connectivity index (χ0) is 14.4. The van der Waals surface area contributed by atoms with Crippen molar-refractivity contribution in [3.8, 4) is 0 Å². The summed E-state index contributed by atoms with van der Waals surface area (Å²) in [6.07, 6.45) is 0.725. The molecule has 0 heterocycles. The van der Waals surface area contributed by atoms with Crippen LogP contribution in [0, 0.1) is 12.7 Å². The second-order valence-electron chi connectivity index (χ2n) is 5.21. The smallest absolute Gasteiger partial charge is 0.126 e. The van der Waals surface area contributed by atoms with Gasteiger partial charge in [0.05, 0.1) is 0 Å². The molecule has 106 valence electrons. The van der Waals surface area contributed by atoms with Gasteiger partial charge in [-0.2, -0.15) is 0 Å². The van der Waals surface area contributed by atoms with Gasteiger partial charge >= 0.3 is 0 Å². The topological polar surface area (TPSA) is 12.0 Å². The van der Waals surface area contributed by atoms with Crippen molar-refractivity contribution in [2.75, 3.05) is 13.1 Å². The van der Waals surface area contributed by atoms with E-state index in [1.807, 2.05) is 12.1 Å². The maximum absolute atomic E-state index is 13.8. The standard InChI is InChI=1S/C18H22FN/c1-3-20-13-17(15-9-6-7-14(2)11-15)12-16-8-4-5-10-18(16)19/h4-11,17,20H,3,12-13H2,1-2H3. The second kappa shape index (κ2) is 7.20. The number of benzene rings is 2. The van der Waals surface area contributed by atoms with Crippen LogP contribution in [-0.4, -0.2) is 13.1 Å². The molecule has 2 aromatic rings. The van der Waals surface area contributed by atoms with Gasteiger partial charge in [-0.3, -0.25) is 0 Å². The van der Waals surface area contributed by atoms with Crippen LogP contribution in [0.3, 0.4) is 0 Å². The quantitative estimate of drug-likeness (QED) is 0.835. The van der Waals surface area contributed by atoms with Gasteiger partial charge in [0.2, 0.25) is 0 Å². The van der Waals surface area contributed by atoms with Crippen LogP contribution in [-0.2, 0) is 6.42 Å². The molecule has 0 bridgehead atoms. The summed E-state index contributed by atoms with van der Waals surface area (Å²) >= 11 is 0. The zero-order valence-electron chi connectivity index (χ0n) is 12.2. The summed E-state index contributed by atoms with van der Waals surface area (Å²) in [5, 5.41) is 3.38. The molecule has 2 aromatic carbocycles. The fourth-order valence-corrected chi connectivity index (χ4v) is 2.48. The maximum atomic E-state index is 13.8. The molecule has 0 aliphatic heterocycles. The van der Waals surface area contributed by atoms with E-state index in [0.29, 0.717) is 5.92 Å². The van der Waals surface area contributed by atoms with E-state index >= 15 is 0 Å². The maximum Gasteiger partial charge on any atom is 0.126 e. The van der Waals surface area contributed by atoms with Crippen LogP contribution >= 0.6 is 0 Å². The molecular weight excluding hydrogens is 249 g/mol. The van der Waals surface area contributed by atoms with E-state index < -0.39 is 0 Å². The van der Waals surface area contributed by atoms with Gasteiger partial charge in [-0.05, 0) is 37.1 Å². The highest BCUT2D eigenvalue weighted by molar-refractivity contribution is 5.28. The van der Waals surface area contributed by atoms with Crippen LogP contribution in [0.2, 0.25) is 0 Å². The van der Waals surface area contributed by atoms with E-state index in [9.17, 15) is 4.39 Å². The molecule has 1 unspecified atom stereocenters. The van der Waals surface area contributed by atoms with Gasteiger partial charge in [-0.15, -0.1) is 0 Å². The van der Waals surface area contributed by atoms with Gasteiger partial charge in [0, 0.05) is 12.5 Å². The summed E-state index contributed by atoms with van der Waals surface area (Å²) in [6, 6.07) is 15.6. The van der Waals surface area contributed by atoms with Crippen molar-refractivity contribution in [1.29, 1.82) is 0 Å². The van der Waals surface area contributed by atoms with E-state index in [1.165, 1.54) is 17.2 Å². The Hall–Kier alpha value is -1.67. The Balaban J connectivity index is 2.21. The number of aryl methyl sites for hydroxylation is 1. The summed E-state index contributed by atoms with van der Waals surface area (Å²) in [6.45, 7) is 5.99. The lowest BCUT2D eigenvalue weighted by atomic mass is 9.91. The molecule has 0 spiro atoms. The van der Waals surface area contributed by atoms with E-state index in [0.717, 1.165) is 25.1 Å². The van der Waals surface area contributed by atoms with Gasteiger partial charge < -0.3 is 5.32 Å². The molecule has 1 N–H and O–H groups in total. The van der Waals surface area contributed by atoms with Crippen LogP contribution in [0.1, 0.15) is 29.5 Å². The van der Waals surface area contributed by atoms with Gasteiger partial charge in [-0.1, -0.05) is 55.0 Å². The van der Waals surface area contributed by atoms with E-state index in [-0.39, 0.29) is 5.82 Å². The summed E-state index contributed by atoms with van der Waals surface area (Å²) < 4.78 is 13.8. The highest BCUT2D eigenvalue weighted by Crippen LogP contribution is 2.22. The Kier molecular flexibility index (Phi) is 5.31. The molecule has 1 nitrogen and oxygen atoms in total. The third-order valence-electron chi connectivity index (χ3n) is 3.58. The number of nitrogens with one attached hydrogen (secondary N) is 1. The summed E-state index contributed by atoms with van der Waals surface area (Å²) in [4.78, 5) is 0. The lowest BCUT2D eigenvalue weighted by Gasteiger charge is -2.19. The average Bonchev–Trinajstić information content (AvgIpc) is 2.45. The SMILES string of the molecule is CCNCC(Cc1ccccc1F)c1cccc(C)c1. The molecule has 0 radical (unpaired) electrons. The van der Waals surface area contributed by atoms with E-state index in [2.05, 4.69) is 43.4 Å². The van der Waals surface area contributed by atoms with Crippen molar-refractivity contribution >= 4 is 0 Å². The van der Waals surface area contributed by atoms with Gasteiger partial charge in [0.15, 0.2) is 0 Å². The molecule has 0 aliphatic rings. The number of rotatable bonds is 6. The normalized spacial score (nSPS) is 12.3. The predicted octanol–water partition coefficient (Wildman–Crippen LogP) is 4.07. The Labute approximate surface area is 120 Å². The molecule has 0 aromatic heterocycles. The zero-order valence-corrected chi connectivity index (χ0v) is 12.2. The lowest BCUT2D eigenvalue weighted by Crippen LogP contribution is -2.23. The fraction of sp³-hybridized carbons (Fsp3) is 0.333. The summed E-state index contributed by atoms with van der Waals surface area (Å²) in [5.41, 5.74) is 3.31. The molecule has 1 atom stereocenters. The van der Waals surface area contributed by atoms with Crippen molar-refractivity contribution in [2.45, 2.75) is 26.2 Å². The van der Waals surface area contributed by atoms with Crippen molar-refractivity contribution in [2.24, 2.45) is 0 Å². The molecule has 0 fully saturated rings. The van der Waals surface area contributed by atoms with Crippen molar-refractivity contribution in [3.63, 3.8) is 0 Å². The Morgan fingerprint density at radius 2 is 1.90 bits per heavy atom. The molecule has 20 heavy (non-hydrogen) atoms. The predicted molar refractivity (Wildman–Crippen MR) is 82.6 cm³/mol. The first-order chi connectivity index (χ1) is 9.70. The Morgan fingerprint density at radius 3 is 2.60 bits per heavy atom. The molecule has 0 saturated heterocycles. The minimum absolute atomic E-state index is 0.110. The lowest BCUT2D eigenvalue weighted by molar-refractivity contribution is 0.562. The Bertz CT molecular complexity index is 551. The van der Waals surface area contributed by atoms with Gasteiger partial charge in [-0.25, -0.2) is 4.39 Å². The second-order valence-corrected chi connectivity index (χ2v) is 5.21. The third-order valence-corrected chi connectivity index (χ3v) is 3.58. The van der Waals surface area contributed by atoms with Gasteiger partial charge in [0.1, 0.15) is 5.82 Å². The Morgan fingerprint density at radius 1 is 1.10 bits per heavy atom. The van der Waals surface area contributed by atoms with Crippen LogP contribution in [0.25, 0.3) is 0 Å². The molecule has 2 rings (SSSR count). The van der Waals surface area contributed by atoms with Crippen molar-refractivity contribution in [3.05, 3.63) is 71.0 Å². The van der Waals surface area contributed by atoms with Crippen LogP contribution < -0.4 is 5.32 Å². The molecule has 0 saturated carbocycles. The van der Waals surface area contributed by atoms with Crippen molar-refractivity contribution in [1.82, 2.24) is 5.32 Å². The first-order valence-electron chi connectivity index (χ1n) is 7.21. The summed E-state index contributed by atoms with van der Waals surface area (Å²) in [7, 11) is 0. The number of hydrogen-bond acceptors (Lipinski definition) is 1. The van der Waals surface area contributed by atoms with Crippen molar-refractivity contribution < 1.29 is 4.39 Å². The van der Waals surface area contributed by atoms with E-state index in [1.54, 1.807) is 6.07 Å². The fourth-order valence-electron chi connectivity index (χ4n) is 2.48. The van der Waals surface area contributed by atoms with E-state index in [4.69, 9.17) is 0 Å². The monoisotopic (exact) mass is 271 g/mol. The van der Waals surface area contributed by atoms with Crippen LogP contribution in [0.15, 0.2) is 48.5 Å². The molecular formula is C18H22FN. The molecule has 0 aliphatic carbocycles. The highest BCUT2D eigenvalue weighted by Gasteiger charge is 2.14. The highest BCUT2D eigenvalue weighted by atomic mass is 19.1. The number of hydrogen-bond donors (Lipinski definition) is 1. The molecule has 2 heteroatoms.